The predicted molar refractivity (Wildman–Crippen MR) is 450 cm³/mol. The standard InChI is InChI=1S/C20H19F5N4O.C13H7ClF3N3O.C9H14F2O2.C9H14O3.C7H11F2NO.C7H13F2N.C7H10F2O2.C5H9ClO2.8CH4/c21-19(22)8-6-13(7-9-19)11-26-17-4-5-18-27-12-16(29(18)28-17)14-2-1-3-15(10-14)30-20(23,24)25;14-11-4-5-12-18-7-10(20(12)19-11)8-2-1-3-9(6-8)21-13(15,16)17;1-2-13-8(12)7-3-5-9(10,11)6-4-7;1-2-12-9(11)7-3-5-8(10)6-4-7;8-7(9)3-1-5(2-4-7)6(10)11;8-7(9)3-1-6(5-10)2-4-7;8-7(9)3-1-5(2-4-7)6(10)11;1-4(2)3-8-5(6)7;;;;;;;;/h1-5,10,12-13H,6-9,11H2,(H,26,28);1-7H;7H,2-6H2,1H3;7H,2-6H2,1H3;5H,1-4H2,(H2,10,11);6H,1-5,10H2;5H,1-4H2,(H,10,11);4H,3H2,1-2H3;8*1H4. The topological polar surface area (TPSA) is 293 Å². The lowest BCUT2D eigenvalue weighted by molar-refractivity contribution is -0.275. The van der Waals surface area contributed by atoms with E-state index in [0.29, 0.717) is 136 Å². The van der Waals surface area contributed by atoms with Gasteiger partial charge in [-0.2, -0.15) is 5.10 Å². The number of carboxylic acid groups (broad SMARTS) is 1. The Morgan fingerprint density at radius 2 is 0.871 bits per heavy atom. The van der Waals surface area contributed by atoms with Crippen LogP contribution >= 0.6 is 23.2 Å². The van der Waals surface area contributed by atoms with Gasteiger partial charge in [-0.1, -0.05) is 109 Å². The molecule has 6 aliphatic rings. The van der Waals surface area contributed by atoms with E-state index in [-0.39, 0.29) is 220 Å². The fourth-order valence-corrected chi connectivity index (χ4v) is 12.8. The van der Waals surface area contributed by atoms with Crippen molar-refractivity contribution in [3.63, 3.8) is 0 Å². The lowest BCUT2D eigenvalue weighted by atomic mass is 9.86. The number of hydrogen-bond acceptors (Lipinski definition) is 17. The Labute approximate surface area is 728 Å². The maximum absolute atomic E-state index is 13.3. The monoisotopic (exact) mass is 1840 g/mol. The average molecular weight is 1840 g/mol. The van der Waals surface area contributed by atoms with Crippen molar-refractivity contribution in [2.75, 3.05) is 38.2 Å². The van der Waals surface area contributed by atoms with Crippen molar-refractivity contribution in [1.29, 1.82) is 0 Å². The molecule has 6 aromatic rings. The number of carbonyl (C=O) groups is 6. The van der Waals surface area contributed by atoms with Crippen molar-refractivity contribution in [1.82, 2.24) is 29.2 Å². The zero-order chi connectivity index (χ0) is 86.4. The second-order valence-corrected chi connectivity index (χ2v) is 29.7. The number of carboxylic acids is 1. The number of benzene rings is 2. The van der Waals surface area contributed by atoms with Gasteiger partial charge >= 0.3 is 36.1 Å². The zero-order valence-corrected chi connectivity index (χ0v) is 65.7. The van der Waals surface area contributed by atoms with Crippen molar-refractivity contribution in [3.8, 4) is 34.0 Å². The number of Topliss-reactive ketones (excluding diaryl/α,β-unsaturated/α-hetero) is 1. The Morgan fingerprint density at radius 3 is 1.22 bits per heavy atom. The quantitative estimate of drug-likeness (QED) is 0.0303. The van der Waals surface area contributed by atoms with E-state index in [2.05, 4.69) is 39.7 Å². The first-order valence-electron chi connectivity index (χ1n) is 37.8. The number of nitrogens with two attached hydrogens (primary N) is 2. The van der Waals surface area contributed by atoms with Gasteiger partial charge in [0.2, 0.25) is 35.5 Å². The van der Waals surface area contributed by atoms with E-state index in [0.717, 1.165) is 0 Å². The second-order valence-electron chi connectivity index (χ2n) is 29.0. The number of amides is 1. The number of rotatable bonds is 16. The van der Waals surface area contributed by atoms with Crippen LogP contribution in [0.15, 0.2) is 85.2 Å². The van der Waals surface area contributed by atoms with E-state index < -0.39 is 65.6 Å². The van der Waals surface area contributed by atoms with Crippen molar-refractivity contribution in [2.24, 2.45) is 52.9 Å². The Hall–Kier alpha value is -8.48. The van der Waals surface area contributed by atoms with Crippen LogP contribution in [0.3, 0.4) is 0 Å². The number of hydrogen-bond donors (Lipinski definition) is 4. The maximum Gasteiger partial charge on any atom is 0.573 e. The molecule has 0 bridgehead atoms. The first kappa shape index (κ1) is 122. The minimum atomic E-state index is -4.78. The summed E-state index contributed by atoms with van der Waals surface area (Å²) < 4.78 is 226. The molecule has 0 spiro atoms. The van der Waals surface area contributed by atoms with Crippen molar-refractivity contribution in [3.05, 3.63) is 90.3 Å². The summed E-state index contributed by atoms with van der Waals surface area (Å²) in [6, 6.07) is 17.8. The van der Waals surface area contributed by atoms with E-state index in [1.54, 1.807) is 50.2 Å². The molecular weight excluding hydrogens is 1710 g/mol. The largest absolute Gasteiger partial charge is 0.573 e. The molecule has 21 nitrogen and oxygen atoms in total. The van der Waals surface area contributed by atoms with Gasteiger partial charge in [-0.15, -0.1) is 31.4 Å². The summed E-state index contributed by atoms with van der Waals surface area (Å²) in [6.45, 7) is 9.65. The number of alkyl halides is 16. The number of ether oxygens (including phenoxy) is 5. The Morgan fingerprint density at radius 1 is 0.516 bits per heavy atom. The maximum atomic E-state index is 13.3. The highest BCUT2D eigenvalue weighted by Crippen LogP contribution is 2.41. The zero-order valence-electron chi connectivity index (χ0n) is 64.2. The minimum Gasteiger partial charge on any atom is -0.481 e. The van der Waals surface area contributed by atoms with E-state index >= 15 is 0 Å². The molecule has 12 rings (SSSR count). The number of anilines is 1. The molecule has 39 heteroatoms. The summed E-state index contributed by atoms with van der Waals surface area (Å²) in [4.78, 5) is 72.3. The van der Waals surface area contributed by atoms with E-state index in [9.17, 15) is 99.0 Å². The SMILES string of the molecule is C.C.C.C.C.C.C.C.CC(C)COC(=O)Cl.CCOC(=O)C1CCC(=O)CC1.CCOC(=O)C1CCC(F)(F)CC1.FC(F)(F)Oc1cccc(-c2cnc3ccc(Cl)nn23)c1.FC1(F)CCC(CNc2ccc3ncc(-c4cccc(OC(F)(F)F)c4)n3n2)CC1.NC(=O)C1CCC(F)(F)CC1.NCC1CCC(F)(F)CC1.O=C(O)C1CCC(F)(F)CC1. The summed E-state index contributed by atoms with van der Waals surface area (Å²) in [5.41, 5.74) is 12.6. The van der Waals surface area contributed by atoms with Crippen LogP contribution in [0.1, 0.15) is 241 Å². The van der Waals surface area contributed by atoms with Crippen LogP contribution in [0.25, 0.3) is 33.8 Å². The number of esters is 2. The van der Waals surface area contributed by atoms with Crippen LogP contribution in [0, 0.1) is 41.4 Å². The van der Waals surface area contributed by atoms with Crippen LogP contribution in [-0.2, 0) is 38.2 Å². The van der Waals surface area contributed by atoms with Gasteiger partial charge in [-0.3, -0.25) is 24.0 Å². The fourth-order valence-electron chi connectivity index (χ4n) is 12.6. The summed E-state index contributed by atoms with van der Waals surface area (Å²) in [5, 5.41) is 20.4. The molecule has 1 amide bonds. The van der Waals surface area contributed by atoms with Crippen LogP contribution in [0.4, 0.5) is 80.9 Å². The second kappa shape index (κ2) is 56.6. The van der Waals surface area contributed by atoms with Crippen LogP contribution in [0.2, 0.25) is 5.15 Å². The third-order valence-corrected chi connectivity index (χ3v) is 19.5. The smallest absolute Gasteiger partial charge is 0.481 e. The highest BCUT2D eigenvalue weighted by atomic mass is 35.5. The molecule has 0 unspecified atom stereocenters. The summed E-state index contributed by atoms with van der Waals surface area (Å²) >= 11 is 10.7. The molecule has 0 saturated heterocycles. The Bertz CT molecular complexity index is 4010. The molecule has 124 heavy (non-hydrogen) atoms. The molecule has 2 aromatic carbocycles. The van der Waals surface area contributed by atoms with Crippen LogP contribution in [-0.4, -0.2) is 145 Å². The third kappa shape index (κ3) is 45.6. The summed E-state index contributed by atoms with van der Waals surface area (Å²) in [5.74, 6) is -14.8. The van der Waals surface area contributed by atoms with Gasteiger partial charge in [-0.25, -0.2) is 67.7 Å². The molecule has 6 saturated carbocycles. The molecule has 6 aliphatic carbocycles. The van der Waals surface area contributed by atoms with Crippen molar-refractivity contribution >= 4 is 75.3 Å². The van der Waals surface area contributed by atoms with Gasteiger partial charge in [0.15, 0.2) is 11.3 Å². The predicted octanol–water partition coefficient (Wildman–Crippen LogP) is 25.2. The molecular formula is C85H129Cl2F16N9O12. The molecule has 4 aromatic heterocycles. The number of primary amides is 1. The average Bonchev–Trinajstić information content (AvgIpc) is 1.65. The fraction of sp³-hybridized carbons (Fsp3) is 0.647. The Kier molecular flexibility index (Phi) is 55.6. The molecule has 712 valence electrons. The molecule has 0 aliphatic heterocycles. The number of aliphatic carboxylic acids is 1. The van der Waals surface area contributed by atoms with Crippen molar-refractivity contribution in [2.45, 2.75) is 284 Å². The lowest BCUT2D eigenvalue weighted by Gasteiger charge is -2.28. The number of halogens is 18. The number of aromatic nitrogens is 6. The molecule has 6 fully saturated rings. The minimum absolute atomic E-state index is 0. The van der Waals surface area contributed by atoms with Gasteiger partial charge in [0.05, 0.1) is 61.4 Å². The van der Waals surface area contributed by atoms with E-state index in [1.165, 1.54) is 57.8 Å². The van der Waals surface area contributed by atoms with Gasteiger partial charge in [0.1, 0.15) is 28.3 Å². The molecule has 4 heterocycles. The third-order valence-electron chi connectivity index (χ3n) is 19.2. The molecule has 6 N–H and O–H groups in total. The van der Waals surface area contributed by atoms with Gasteiger partial charge in [0, 0.05) is 112 Å². The highest BCUT2D eigenvalue weighted by Gasteiger charge is 2.41. The molecule has 0 atom stereocenters. The lowest BCUT2D eigenvalue weighted by Crippen LogP contribution is -2.32. The van der Waals surface area contributed by atoms with E-state index in [4.69, 9.17) is 49.2 Å². The van der Waals surface area contributed by atoms with E-state index in [1.807, 2.05) is 13.8 Å². The first-order chi connectivity index (χ1) is 54.2. The first-order valence-corrected chi connectivity index (χ1v) is 38.5. The summed E-state index contributed by atoms with van der Waals surface area (Å²) in [7, 11) is 0. The molecule has 0 radical (unpaired) electrons. The van der Waals surface area contributed by atoms with Crippen LogP contribution < -0.4 is 26.3 Å². The van der Waals surface area contributed by atoms with Crippen molar-refractivity contribution < 1.29 is 128 Å². The highest BCUT2D eigenvalue weighted by molar-refractivity contribution is 6.61. The number of carbonyl (C=O) groups excluding carboxylic acids is 5. The summed E-state index contributed by atoms with van der Waals surface area (Å²) in [6.07, 6.45) is -2.17. The van der Waals surface area contributed by atoms with Gasteiger partial charge in [0.25, 0.3) is 0 Å². The number of ketones is 1. The normalized spacial score (nSPS) is 17.6. The number of imidazole rings is 2. The van der Waals surface area contributed by atoms with Gasteiger partial charge in [-0.05, 0) is 164 Å². The van der Waals surface area contributed by atoms with Crippen LogP contribution in [0.5, 0.6) is 11.5 Å². The number of fused-ring (bicyclic) bond motifs is 2. The van der Waals surface area contributed by atoms with Gasteiger partial charge < -0.3 is 45.6 Å². The number of nitrogens with one attached hydrogen (secondary N) is 1. The number of nitrogens with zero attached hydrogens (tertiary/aromatic N) is 6. The Balaban J connectivity index is -0.000000685.